The third kappa shape index (κ3) is 21.4. The number of hydrogen-bond acceptors (Lipinski definition) is 9. The van der Waals surface area contributed by atoms with Crippen molar-refractivity contribution in [2.45, 2.75) is 157 Å². The van der Waals surface area contributed by atoms with Crippen LogP contribution < -0.4 is 0 Å². The standard InChI is InChI=1S/C24H70O9Si10/c1-23-24-43(31-40(17,18)28-37(11,12)25-34(2,3)4,32-41(19,20)29-38(13,14)26-35(5,6)7)33-42(21,22)30-39(15,16)27-36(8,9)10/h23-24H2,1-22H3. The van der Waals surface area contributed by atoms with Gasteiger partial charge in [0.05, 0.1) is 0 Å². The van der Waals surface area contributed by atoms with Crippen LogP contribution in [0.2, 0.25) is 144 Å². The first-order chi connectivity index (χ1) is 18.4. The lowest BCUT2D eigenvalue weighted by Crippen LogP contribution is -2.67. The zero-order valence-corrected chi connectivity index (χ0v) is 42.1. The van der Waals surface area contributed by atoms with Crippen molar-refractivity contribution in [2.24, 2.45) is 0 Å². The van der Waals surface area contributed by atoms with Gasteiger partial charge >= 0.3 is 60.2 Å². The lowest BCUT2D eigenvalue weighted by molar-refractivity contribution is 0.180. The minimum atomic E-state index is -3.43. The highest BCUT2D eigenvalue weighted by Crippen LogP contribution is 2.35. The molecule has 0 radical (unpaired) electrons. The average molecular weight is 784 g/mol. The largest absolute Gasteiger partial charge is 0.474 e. The molecule has 0 saturated heterocycles. The molecule has 0 fully saturated rings. The lowest BCUT2D eigenvalue weighted by atomic mass is 10.6. The summed E-state index contributed by atoms with van der Waals surface area (Å²) in [4.78, 5) is 0. The van der Waals surface area contributed by atoms with Crippen LogP contribution >= 0.6 is 0 Å². The van der Waals surface area contributed by atoms with Crippen molar-refractivity contribution in [2.75, 3.05) is 0 Å². The maximum Gasteiger partial charge on any atom is 0.474 e. The van der Waals surface area contributed by atoms with E-state index in [4.69, 9.17) is 37.0 Å². The molecule has 9 nitrogen and oxygen atoms in total. The SMILES string of the molecule is CCC[Si](O[Si](C)(C)O[Si](C)(C)O[Si](C)(C)C)(O[Si](C)(C)O[Si](C)(C)O[Si](C)(C)C)O[Si](C)(C)O[Si](C)(C)O[Si](C)(C)C. The van der Waals surface area contributed by atoms with Crippen LogP contribution in [0.1, 0.15) is 13.3 Å². The minimum Gasteiger partial charge on any atom is -0.437 e. The lowest BCUT2D eigenvalue weighted by Gasteiger charge is -2.47. The molecule has 0 aromatic carbocycles. The van der Waals surface area contributed by atoms with Crippen molar-refractivity contribution in [1.82, 2.24) is 0 Å². The summed E-state index contributed by atoms with van der Waals surface area (Å²) >= 11 is 0. The van der Waals surface area contributed by atoms with Gasteiger partial charge in [0.2, 0.25) is 0 Å². The molecule has 0 bridgehead atoms. The van der Waals surface area contributed by atoms with E-state index in [-0.39, 0.29) is 0 Å². The van der Waals surface area contributed by atoms with Crippen LogP contribution in [0.25, 0.3) is 0 Å². The first-order valence-corrected chi connectivity index (χ1v) is 44.8. The monoisotopic (exact) mass is 782 g/mol. The van der Waals surface area contributed by atoms with E-state index in [9.17, 15) is 0 Å². The van der Waals surface area contributed by atoms with Crippen LogP contribution in [0.4, 0.5) is 0 Å². The fourth-order valence-electron chi connectivity index (χ4n) is 5.76. The Morgan fingerprint density at radius 1 is 0.279 bits per heavy atom. The van der Waals surface area contributed by atoms with Gasteiger partial charge in [-0.1, -0.05) is 13.3 Å². The van der Waals surface area contributed by atoms with Crippen LogP contribution in [0, 0.1) is 0 Å². The minimum absolute atomic E-state index is 0.636. The van der Waals surface area contributed by atoms with Gasteiger partial charge in [0, 0.05) is 6.04 Å². The second-order valence-electron chi connectivity index (χ2n) is 17.1. The Bertz CT molecular complexity index is 773. The van der Waals surface area contributed by atoms with E-state index in [0.29, 0.717) is 6.04 Å². The molecule has 0 atom stereocenters. The maximum absolute atomic E-state index is 7.18. The van der Waals surface area contributed by atoms with Crippen LogP contribution in [0.15, 0.2) is 0 Å². The van der Waals surface area contributed by atoms with Gasteiger partial charge in [0.15, 0.2) is 25.0 Å². The predicted octanol–water partition coefficient (Wildman–Crippen LogP) is 9.20. The normalized spacial score (nSPS) is 15.8. The Hall–Kier alpha value is 1.81. The quantitative estimate of drug-likeness (QED) is 0.112. The average Bonchev–Trinajstić information content (AvgIpc) is 2.48. The first kappa shape index (κ1) is 44.8. The molecule has 0 saturated carbocycles. The van der Waals surface area contributed by atoms with Crippen molar-refractivity contribution in [3.63, 3.8) is 0 Å². The van der Waals surface area contributed by atoms with Crippen molar-refractivity contribution >= 4 is 85.1 Å². The molecule has 260 valence electrons. The molecule has 0 N–H and O–H groups in total. The van der Waals surface area contributed by atoms with Crippen LogP contribution in [0.3, 0.4) is 0 Å². The van der Waals surface area contributed by atoms with E-state index < -0.39 is 85.1 Å². The second-order valence-corrected chi connectivity index (χ2v) is 55.8. The number of hydrogen-bond donors (Lipinski definition) is 0. The Balaban J connectivity index is 6.72. The highest BCUT2D eigenvalue weighted by atomic mass is 28.5. The molecule has 0 aromatic heterocycles. The maximum atomic E-state index is 7.18. The molecule has 0 unspecified atom stereocenters. The molecule has 0 aliphatic heterocycles. The summed E-state index contributed by atoms with van der Waals surface area (Å²) < 4.78 is 61.7. The fourth-order valence-corrected chi connectivity index (χ4v) is 53.4. The van der Waals surface area contributed by atoms with Crippen molar-refractivity contribution < 1.29 is 37.0 Å². The number of rotatable bonds is 20. The van der Waals surface area contributed by atoms with Gasteiger partial charge in [-0.15, -0.1) is 0 Å². The Kier molecular flexibility index (Phi) is 15.8. The molecule has 0 aliphatic rings. The molecule has 19 heteroatoms. The Morgan fingerprint density at radius 2 is 0.465 bits per heavy atom. The molecule has 0 heterocycles. The first-order valence-electron chi connectivity index (χ1n) is 15.7. The molecule has 0 rings (SSSR count). The summed E-state index contributed by atoms with van der Waals surface area (Å²) in [7, 11) is -24.9. The van der Waals surface area contributed by atoms with E-state index >= 15 is 0 Å². The summed E-state index contributed by atoms with van der Waals surface area (Å²) in [5.41, 5.74) is 0. The zero-order chi connectivity index (χ0) is 34.8. The molecule has 0 aliphatic carbocycles. The third-order valence-electron chi connectivity index (χ3n) is 4.89. The van der Waals surface area contributed by atoms with Gasteiger partial charge < -0.3 is 37.0 Å². The third-order valence-corrected chi connectivity index (χ3v) is 40.7. The summed E-state index contributed by atoms with van der Waals surface area (Å²) in [6.45, 7) is 47.1. The van der Waals surface area contributed by atoms with Gasteiger partial charge in [-0.3, -0.25) is 0 Å². The van der Waals surface area contributed by atoms with Crippen LogP contribution in [-0.2, 0) is 37.0 Å². The zero-order valence-electron chi connectivity index (χ0n) is 32.1. The fraction of sp³-hybridized carbons (Fsp3) is 1.00. The van der Waals surface area contributed by atoms with Gasteiger partial charge in [-0.05, 0) is 137 Å². The van der Waals surface area contributed by atoms with E-state index in [1.165, 1.54) is 0 Å². The van der Waals surface area contributed by atoms with E-state index in [0.717, 1.165) is 6.42 Å². The predicted molar refractivity (Wildman–Crippen MR) is 206 cm³/mol. The molecular weight excluding hydrogens is 713 g/mol. The van der Waals surface area contributed by atoms with Gasteiger partial charge in [-0.25, -0.2) is 0 Å². The summed E-state index contributed by atoms with van der Waals surface area (Å²) in [6.07, 6.45) is 0.830. The summed E-state index contributed by atoms with van der Waals surface area (Å²) in [6, 6.07) is 0.636. The molecule has 0 spiro atoms. The van der Waals surface area contributed by atoms with Crippen LogP contribution in [-0.4, -0.2) is 85.1 Å². The molecule has 43 heavy (non-hydrogen) atoms. The smallest absolute Gasteiger partial charge is 0.437 e. The topological polar surface area (TPSA) is 83.1 Å². The van der Waals surface area contributed by atoms with Gasteiger partial charge in [0.1, 0.15) is 0 Å². The van der Waals surface area contributed by atoms with Gasteiger partial charge in [-0.2, -0.15) is 0 Å². The second kappa shape index (κ2) is 15.1. The molecular formula is C24H70O9Si10. The highest BCUT2D eigenvalue weighted by Gasteiger charge is 2.57. The highest BCUT2D eigenvalue weighted by molar-refractivity contribution is 6.94. The van der Waals surface area contributed by atoms with Crippen LogP contribution in [0.5, 0.6) is 0 Å². The molecule has 0 aromatic rings. The summed E-state index contributed by atoms with van der Waals surface area (Å²) in [5, 5.41) is 0. The Morgan fingerprint density at radius 3 is 0.628 bits per heavy atom. The van der Waals surface area contributed by atoms with E-state index in [1.807, 2.05) is 0 Å². The van der Waals surface area contributed by atoms with Crippen molar-refractivity contribution in [3.05, 3.63) is 0 Å². The van der Waals surface area contributed by atoms with E-state index in [1.54, 1.807) is 0 Å². The van der Waals surface area contributed by atoms with Crippen molar-refractivity contribution in [3.8, 4) is 0 Å². The summed E-state index contributed by atoms with van der Waals surface area (Å²) in [5.74, 6) is 0. The van der Waals surface area contributed by atoms with E-state index in [2.05, 4.69) is 144 Å². The van der Waals surface area contributed by atoms with Crippen molar-refractivity contribution in [1.29, 1.82) is 0 Å². The Labute approximate surface area is 277 Å². The van der Waals surface area contributed by atoms with Gasteiger partial charge in [0.25, 0.3) is 0 Å². The molecule has 0 amide bonds.